The van der Waals surface area contributed by atoms with E-state index in [4.69, 9.17) is 14.2 Å². The van der Waals surface area contributed by atoms with Crippen molar-refractivity contribution in [3.8, 4) is 11.5 Å². The number of carbonyl (C=O) groups is 1. The molecule has 3 rings (SSSR count). The summed E-state index contributed by atoms with van der Waals surface area (Å²) in [5.41, 5.74) is -1.05. The molecule has 1 aliphatic rings. The second-order valence-corrected chi connectivity index (χ2v) is 9.47. The zero-order valence-corrected chi connectivity index (χ0v) is 19.8. The SMILES string of the molecule is COc1ccc(OCc2sc([C@@]3(O)CCCN(C(=O)C(C)(C)OC)CC3)nc2C)cc1. The van der Waals surface area contributed by atoms with Crippen molar-refractivity contribution in [2.24, 2.45) is 0 Å². The van der Waals surface area contributed by atoms with Crippen LogP contribution in [0.5, 0.6) is 11.5 Å². The van der Waals surface area contributed by atoms with Gasteiger partial charge >= 0.3 is 0 Å². The van der Waals surface area contributed by atoms with Gasteiger partial charge in [-0.3, -0.25) is 4.79 Å². The Labute approximate surface area is 188 Å². The second kappa shape index (κ2) is 9.54. The second-order valence-electron chi connectivity index (χ2n) is 8.38. The van der Waals surface area contributed by atoms with Crippen LogP contribution in [0.4, 0.5) is 0 Å². The molecule has 31 heavy (non-hydrogen) atoms. The monoisotopic (exact) mass is 448 g/mol. The molecule has 0 unspecified atom stereocenters. The van der Waals surface area contributed by atoms with E-state index in [1.54, 1.807) is 33.0 Å². The van der Waals surface area contributed by atoms with Gasteiger partial charge in [0.15, 0.2) is 0 Å². The summed E-state index contributed by atoms with van der Waals surface area (Å²) < 4.78 is 16.4. The van der Waals surface area contributed by atoms with Gasteiger partial charge in [0.2, 0.25) is 0 Å². The average molecular weight is 449 g/mol. The molecule has 0 bridgehead atoms. The van der Waals surface area contributed by atoms with E-state index < -0.39 is 11.2 Å². The minimum Gasteiger partial charge on any atom is -0.497 e. The maximum Gasteiger partial charge on any atom is 0.254 e. The van der Waals surface area contributed by atoms with Gasteiger partial charge in [-0.1, -0.05) is 0 Å². The van der Waals surface area contributed by atoms with E-state index in [0.717, 1.165) is 22.1 Å². The average Bonchev–Trinajstić information content (AvgIpc) is 3.03. The van der Waals surface area contributed by atoms with Crippen LogP contribution >= 0.6 is 11.3 Å². The third kappa shape index (κ3) is 5.37. The molecule has 170 valence electrons. The van der Waals surface area contributed by atoms with E-state index >= 15 is 0 Å². The first-order valence-corrected chi connectivity index (χ1v) is 11.3. The normalized spacial score (nSPS) is 19.7. The van der Waals surface area contributed by atoms with Gasteiger partial charge in [-0.05, 0) is 57.9 Å². The maximum atomic E-state index is 12.8. The first-order valence-electron chi connectivity index (χ1n) is 10.5. The molecule has 1 saturated heterocycles. The number of methoxy groups -OCH3 is 2. The third-order valence-corrected chi connectivity index (χ3v) is 7.17. The summed E-state index contributed by atoms with van der Waals surface area (Å²) in [5, 5.41) is 12.1. The maximum absolute atomic E-state index is 12.8. The van der Waals surface area contributed by atoms with E-state index in [9.17, 15) is 9.90 Å². The number of thiazole rings is 1. The van der Waals surface area contributed by atoms with Crippen molar-refractivity contribution < 1.29 is 24.1 Å². The molecular weight excluding hydrogens is 416 g/mol. The van der Waals surface area contributed by atoms with Crippen molar-refractivity contribution in [1.82, 2.24) is 9.88 Å². The van der Waals surface area contributed by atoms with Crippen molar-refractivity contribution in [2.75, 3.05) is 27.3 Å². The summed E-state index contributed by atoms with van der Waals surface area (Å²) in [5.74, 6) is 1.47. The number of rotatable bonds is 7. The molecule has 0 radical (unpaired) electrons. The predicted octanol–water partition coefficient (Wildman–Crippen LogP) is 3.66. The summed E-state index contributed by atoms with van der Waals surface area (Å²) in [6.07, 6.45) is 1.72. The first kappa shape index (κ1) is 23.5. The molecule has 0 saturated carbocycles. The van der Waals surface area contributed by atoms with Gasteiger partial charge in [-0.2, -0.15) is 0 Å². The largest absolute Gasteiger partial charge is 0.497 e. The molecule has 1 fully saturated rings. The summed E-state index contributed by atoms with van der Waals surface area (Å²) >= 11 is 1.48. The number of carbonyl (C=O) groups excluding carboxylic acids is 1. The van der Waals surface area contributed by atoms with E-state index in [1.165, 1.54) is 11.3 Å². The van der Waals surface area contributed by atoms with Crippen LogP contribution < -0.4 is 9.47 Å². The molecule has 1 aromatic heterocycles. The van der Waals surface area contributed by atoms with Gasteiger partial charge in [0, 0.05) is 26.6 Å². The lowest BCUT2D eigenvalue weighted by atomic mass is 9.96. The minimum atomic E-state index is -1.04. The van der Waals surface area contributed by atoms with Crippen LogP contribution in [-0.2, 0) is 21.7 Å². The fraction of sp³-hybridized carbons (Fsp3) is 0.565. The van der Waals surface area contributed by atoms with Gasteiger partial charge in [0.1, 0.15) is 34.3 Å². The summed E-state index contributed by atoms with van der Waals surface area (Å²) in [6, 6.07) is 7.43. The number of likely N-dealkylation sites (tertiary alicyclic amines) is 1. The fourth-order valence-electron chi connectivity index (χ4n) is 3.59. The molecule has 0 aliphatic carbocycles. The Kier molecular flexibility index (Phi) is 7.24. The van der Waals surface area contributed by atoms with Gasteiger partial charge in [-0.25, -0.2) is 4.98 Å². The molecule has 8 heteroatoms. The molecule has 2 heterocycles. The Hall–Kier alpha value is -2.16. The van der Waals surface area contributed by atoms with Crippen LogP contribution in [0.15, 0.2) is 24.3 Å². The van der Waals surface area contributed by atoms with Gasteiger partial charge in [-0.15, -0.1) is 11.3 Å². The fourth-order valence-corrected chi connectivity index (χ4v) is 4.71. The van der Waals surface area contributed by atoms with Gasteiger partial charge in [0.25, 0.3) is 5.91 Å². The number of ether oxygens (including phenoxy) is 3. The summed E-state index contributed by atoms with van der Waals surface area (Å²) in [4.78, 5) is 20.2. The van der Waals surface area contributed by atoms with Crippen molar-refractivity contribution in [2.45, 2.75) is 57.8 Å². The third-order valence-electron chi connectivity index (χ3n) is 5.85. The topological polar surface area (TPSA) is 81.1 Å². The van der Waals surface area contributed by atoms with E-state index in [2.05, 4.69) is 4.98 Å². The minimum absolute atomic E-state index is 0.0526. The lowest BCUT2D eigenvalue weighted by Crippen LogP contribution is -2.47. The molecule has 7 nitrogen and oxygen atoms in total. The quantitative estimate of drug-likeness (QED) is 0.696. The number of aliphatic hydroxyl groups is 1. The smallest absolute Gasteiger partial charge is 0.254 e. The molecule has 1 amide bonds. The molecule has 1 N–H and O–H groups in total. The van der Waals surface area contributed by atoms with Crippen LogP contribution in [0.25, 0.3) is 0 Å². The van der Waals surface area contributed by atoms with Crippen LogP contribution in [0.1, 0.15) is 48.7 Å². The lowest BCUT2D eigenvalue weighted by molar-refractivity contribution is -0.151. The standard InChI is InChI=1S/C23H32N2O5S/c1-16-19(15-30-18-9-7-17(28-4)8-10-18)31-20(24-16)23(27)11-6-13-25(14-12-23)21(26)22(2,3)29-5/h7-10,27H,6,11-15H2,1-5H3/t23-/m1/s1. The lowest BCUT2D eigenvalue weighted by Gasteiger charge is -2.30. The molecule has 2 aromatic rings. The highest BCUT2D eigenvalue weighted by Crippen LogP contribution is 2.37. The zero-order valence-electron chi connectivity index (χ0n) is 18.9. The van der Waals surface area contributed by atoms with Crippen molar-refractivity contribution in [1.29, 1.82) is 0 Å². The van der Waals surface area contributed by atoms with Crippen molar-refractivity contribution in [3.63, 3.8) is 0 Å². The Morgan fingerprint density at radius 3 is 2.52 bits per heavy atom. The molecular formula is C23H32N2O5S. The van der Waals surface area contributed by atoms with E-state index in [1.807, 2.05) is 31.2 Å². The highest BCUT2D eigenvalue weighted by Gasteiger charge is 2.39. The predicted molar refractivity (Wildman–Crippen MR) is 120 cm³/mol. The molecule has 1 atom stereocenters. The van der Waals surface area contributed by atoms with E-state index in [0.29, 0.717) is 44.0 Å². The Morgan fingerprint density at radius 2 is 1.87 bits per heavy atom. The number of aryl methyl sites for hydroxylation is 1. The number of amides is 1. The van der Waals surface area contributed by atoms with Crippen LogP contribution in [0.3, 0.4) is 0 Å². The number of hydrogen-bond donors (Lipinski definition) is 1. The number of hydrogen-bond acceptors (Lipinski definition) is 7. The highest BCUT2D eigenvalue weighted by molar-refractivity contribution is 7.11. The summed E-state index contributed by atoms with van der Waals surface area (Å²) in [6.45, 7) is 6.93. The van der Waals surface area contributed by atoms with Crippen LogP contribution in [-0.4, -0.2) is 53.8 Å². The molecule has 1 aliphatic heterocycles. The van der Waals surface area contributed by atoms with E-state index in [-0.39, 0.29) is 5.91 Å². The Bertz CT molecular complexity index is 896. The Balaban J connectivity index is 1.67. The van der Waals surface area contributed by atoms with Gasteiger partial charge < -0.3 is 24.2 Å². The van der Waals surface area contributed by atoms with Crippen LogP contribution in [0.2, 0.25) is 0 Å². The number of aromatic nitrogens is 1. The number of benzene rings is 1. The number of nitrogens with zero attached hydrogens (tertiary/aromatic N) is 2. The highest BCUT2D eigenvalue weighted by atomic mass is 32.1. The van der Waals surface area contributed by atoms with Crippen LogP contribution in [0, 0.1) is 6.92 Å². The van der Waals surface area contributed by atoms with Crippen molar-refractivity contribution in [3.05, 3.63) is 39.8 Å². The molecule has 0 spiro atoms. The zero-order chi connectivity index (χ0) is 22.6. The first-order chi connectivity index (χ1) is 14.7. The molecule has 1 aromatic carbocycles. The summed E-state index contributed by atoms with van der Waals surface area (Å²) in [7, 11) is 3.17. The Morgan fingerprint density at radius 1 is 1.19 bits per heavy atom. The van der Waals surface area contributed by atoms with Gasteiger partial charge in [0.05, 0.1) is 17.7 Å². The van der Waals surface area contributed by atoms with Crippen molar-refractivity contribution >= 4 is 17.2 Å².